The molecule has 0 bridgehead atoms. The first kappa shape index (κ1) is 16.8. The molecular formula is C15H19ClN4OS2. The van der Waals surface area contributed by atoms with Crippen molar-refractivity contribution in [2.75, 3.05) is 17.8 Å². The molecule has 1 unspecified atom stereocenters. The average Bonchev–Trinajstić information content (AvgIpc) is 3.02. The van der Waals surface area contributed by atoms with Crippen molar-refractivity contribution in [3.63, 3.8) is 0 Å². The standard InChI is InChI=1S/C15H19ClN4OS2/c1-15(2)8-17-6-5-13(15)21-12-4-3-10(7-11(12)16)22-20-14-18-9-19-23-14/h3-4,7,9,13,17H,5-6,8H2,1-2H3,(H,18,19,20). The number of rotatable bonds is 5. The fourth-order valence-corrected chi connectivity index (χ4v) is 3.90. The molecule has 1 atom stereocenters. The van der Waals surface area contributed by atoms with E-state index in [0.29, 0.717) is 5.02 Å². The van der Waals surface area contributed by atoms with E-state index in [9.17, 15) is 0 Å². The zero-order chi connectivity index (χ0) is 16.3. The molecule has 23 heavy (non-hydrogen) atoms. The Labute approximate surface area is 149 Å². The van der Waals surface area contributed by atoms with Crippen LogP contribution < -0.4 is 14.8 Å². The molecule has 0 saturated carbocycles. The summed E-state index contributed by atoms with van der Waals surface area (Å²) in [6, 6.07) is 5.84. The van der Waals surface area contributed by atoms with Crippen molar-refractivity contribution in [1.82, 2.24) is 14.7 Å². The summed E-state index contributed by atoms with van der Waals surface area (Å²) < 4.78 is 13.3. The number of aromatic nitrogens is 2. The van der Waals surface area contributed by atoms with Crippen molar-refractivity contribution in [2.45, 2.75) is 31.3 Å². The van der Waals surface area contributed by atoms with E-state index in [1.165, 1.54) is 29.8 Å². The van der Waals surface area contributed by atoms with Gasteiger partial charge in [0.1, 0.15) is 18.2 Å². The highest BCUT2D eigenvalue weighted by Gasteiger charge is 2.34. The van der Waals surface area contributed by atoms with Gasteiger partial charge in [-0.3, -0.25) is 0 Å². The molecule has 0 radical (unpaired) electrons. The first-order valence-electron chi connectivity index (χ1n) is 7.41. The quantitative estimate of drug-likeness (QED) is 0.773. The maximum Gasteiger partial charge on any atom is 0.212 e. The Kier molecular flexibility index (Phi) is 5.31. The highest BCUT2D eigenvalue weighted by atomic mass is 35.5. The summed E-state index contributed by atoms with van der Waals surface area (Å²) in [4.78, 5) is 5.08. The number of hydrogen-bond acceptors (Lipinski definition) is 7. The molecule has 3 rings (SSSR count). The maximum atomic E-state index is 6.40. The molecule has 0 amide bonds. The van der Waals surface area contributed by atoms with Crippen LogP contribution in [-0.4, -0.2) is 28.6 Å². The molecule has 2 N–H and O–H groups in total. The number of benzene rings is 1. The number of halogens is 1. The lowest BCUT2D eigenvalue weighted by molar-refractivity contribution is 0.0451. The molecule has 1 fully saturated rings. The second-order valence-electron chi connectivity index (χ2n) is 6.10. The minimum absolute atomic E-state index is 0.0917. The normalized spacial score (nSPS) is 20.2. The van der Waals surface area contributed by atoms with Crippen molar-refractivity contribution in [2.24, 2.45) is 5.41 Å². The van der Waals surface area contributed by atoms with E-state index in [-0.39, 0.29) is 11.5 Å². The smallest absolute Gasteiger partial charge is 0.212 e. The lowest BCUT2D eigenvalue weighted by Gasteiger charge is -2.39. The van der Waals surface area contributed by atoms with Gasteiger partial charge in [0, 0.05) is 28.4 Å². The highest BCUT2D eigenvalue weighted by Crippen LogP contribution is 2.35. The number of piperidine rings is 1. The van der Waals surface area contributed by atoms with Gasteiger partial charge < -0.3 is 14.8 Å². The maximum absolute atomic E-state index is 6.40. The lowest BCUT2D eigenvalue weighted by atomic mass is 9.82. The van der Waals surface area contributed by atoms with Crippen LogP contribution in [0.3, 0.4) is 0 Å². The van der Waals surface area contributed by atoms with E-state index in [0.717, 1.165) is 35.3 Å². The molecule has 5 nitrogen and oxygen atoms in total. The fourth-order valence-electron chi connectivity index (χ4n) is 2.48. The second-order valence-corrected chi connectivity index (χ2v) is 8.17. The third-order valence-corrected chi connectivity index (χ3v) is 5.62. The predicted molar refractivity (Wildman–Crippen MR) is 96.5 cm³/mol. The minimum Gasteiger partial charge on any atom is -0.488 e. The second kappa shape index (κ2) is 7.25. The van der Waals surface area contributed by atoms with E-state index in [1.807, 2.05) is 18.2 Å². The van der Waals surface area contributed by atoms with Gasteiger partial charge in [0.2, 0.25) is 5.13 Å². The fraction of sp³-hybridized carbons (Fsp3) is 0.467. The number of nitrogens with zero attached hydrogens (tertiary/aromatic N) is 2. The van der Waals surface area contributed by atoms with E-state index < -0.39 is 0 Å². The summed E-state index contributed by atoms with van der Waals surface area (Å²) in [6.45, 7) is 6.36. The van der Waals surface area contributed by atoms with E-state index >= 15 is 0 Å². The predicted octanol–water partition coefficient (Wildman–Crippen LogP) is 4.08. The van der Waals surface area contributed by atoms with E-state index in [2.05, 4.69) is 33.2 Å². The Morgan fingerprint density at radius 2 is 2.35 bits per heavy atom. The van der Waals surface area contributed by atoms with E-state index in [1.54, 1.807) is 0 Å². The van der Waals surface area contributed by atoms with Gasteiger partial charge in [-0.25, -0.2) is 4.98 Å². The van der Waals surface area contributed by atoms with E-state index in [4.69, 9.17) is 16.3 Å². The zero-order valence-electron chi connectivity index (χ0n) is 13.0. The monoisotopic (exact) mass is 370 g/mol. The molecule has 124 valence electrons. The lowest BCUT2D eigenvalue weighted by Crippen LogP contribution is -2.48. The van der Waals surface area contributed by atoms with Crippen LogP contribution in [0.2, 0.25) is 5.02 Å². The Bertz CT molecular complexity index is 651. The Morgan fingerprint density at radius 3 is 3.04 bits per heavy atom. The summed E-state index contributed by atoms with van der Waals surface area (Å²) in [5, 5.41) is 4.80. The highest BCUT2D eigenvalue weighted by molar-refractivity contribution is 8.00. The number of nitrogens with one attached hydrogen (secondary N) is 2. The van der Waals surface area contributed by atoms with Crippen LogP contribution in [0.15, 0.2) is 29.4 Å². The summed E-state index contributed by atoms with van der Waals surface area (Å²) in [5.74, 6) is 0.743. The van der Waals surface area contributed by atoms with Gasteiger partial charge in [0.15, 0.2) is 0 Å². The SMILES string of the molecule is CC1(C)CNCCC1Oc1ccc(SNc2ncns2)cc1Cl. The molecule has 1 aliphatic heterocycles. The minimum atomic E-state index is 0.0917. The molecule has 1 saturated heterocycles. The molecule has 0 spiro atoms. The zero-order valence-corrected chi connectivity index (χ0v) is 15.4. The van der Waals surface area contributed by atoms with Gasteiger partial charge in [-0.15, -0.1) is 0 Å². The summed E-state index contributed by atoms with van der Waals surface area (Å²) in [7, 11) is 0. The van der Waals surface area contributed by atoms with Crippen LogP contribution in [0.4, 0.5) is 5.13 Å². The van der Waals surface area contributed by atoms with Crippen molar-refractivity contribution in [1.29, 1.82) is 0 Å². The van der Waals surface area contributed by atoms with Crippen LogP contribution in [0.25, 0.3) is 0 Å². The van der Waals surface area contributed by atoms with Gasteiger partial charge in [-0.2, -0.15) is 4.37 Å². The average molecular weight is 371 g/mol. The molecule has 2 aromatic rings. The van der Waals surface area contributed by atoms with Crippen LogP contribution in [0.5, 0.6) is 5.75 Å². The van der Waals surface area contributed by atoms with Gasteiger partial charge in [0.25, 0.3) is 0 Å². The summed E-state index contributed by atoms with van der Waals surface area (Å²) in [6.07, 6.45) is 2.68. The molecular weight excluding hydrogens is 352 g/mol. The Hall–Kier alpha value is -1.02. The van der Waals surface area contributed by atoms with Crippen LogP contribution >= 0.6 is 35.1 Å². The van der Waals surface area contributed by atoms with Crippen LogP contribution in [0.1, 0.15) is 20.3 Å². The largest absolute Gasteiger partial charge is 0.488 e. The van der Waals surface area contributed by atoms with Crippen molar-refractivity contribution in [3.05, 3.63) is 29.5 Å². The van der Waals surface area contributed by atoms with Gasteiger partial charge in [-0.1, -0.05) is 25.4 Å². The molecule has 8 heteroatoms. The third kappa shape index (κ3) is 4.29. The first-order chi connectivity index (χ1) is 11.0. The molecule has 1 aromatic heterocycles. The molecule has 0 aliphatic carbocycles. The molecule has 2 heterocycles. The van der Waals surface area contributed by atoms with Crippen molar-refractivity contribution in [3.8, 4) is 5.75 Å². The first-order valence-corrected chi connectivity index (χ1v) is 9.38. The number of anilines is 1. The van der Waals surface area contributed by atoms with Crippen LogP contribution in [0, 0.1) is 5.41 Å². The number of hydrogen-bond donors (Lipinski definition) is 2. The molecule has 1 aromatic carbocycles. The number of ether oxygens (including phenoxy) is 1. The van der Waals surface area contributed by atoms with Gasteiger partial charge >= 0.3 is 0 Å². The van der Waals surface area contributed by atoms with Crippen molar-refractivity contribution >= 4 is 40.2 Å². The van der Waals surface area contributed by atoms with Gasteiger partial charge in [0.05, 0.1) is 5.02 Å². The summed E-state index contributed by atoms with van der Waals surface area (Å²) in [5.41, 5.74) is 0.0917. The van der Waals surface area contributed by atoms with Gasteiger partial charge in [-0.05, 0) is 43.1 Å². The molecule has 1 aliphatic rings. The van der Waals surface area contributed by atoms with Crippen molar-refractivity contribution < 1.29 is 4.74 Å². The third-order valence-electron chi connectivity index (χ3n) is 3.83. The van der Waals surface area contributed by atoms with Crippen LogP contribution in [-0.2, 0) is 0 Å². The Morgan fingerprint density at radius 1 is 1.48 bits per heavy atom. The Balaban J connectivity index is 1.64. The summed E-state index contributed by atoms with van der Waals surface area (Å²) >= 11 is 9.17. The topological polar surface area (TPSA) is 59.1 Å².